The molecular weight excluding hydrogens is 298 g/mol. The van der Waals surface area contributed by atoms with Gasteiger partial charge in [0.25, 0.3) is 0 Å². The first-order valence-electron chi connectivity index (χ1n) is 4.86. The van der Waals surface area contributed by atoms with Gasteiger partial charge >= 0.3 is 5.97 Å². The van der Waals surface area contributed by atoms with Crippen molar-refractivity contribution in [2.45, 2.75) is 10.1 Å². The standard InChI is InChI=1S/C9H16BrNO2S2/c1-13-9(12)8(10)5-11-4-7-6-14-2-3-15-7/h7-8,11H,2-6H2,1H3. The van der Waals surface area contributed by atoms with E-state index < -0.39 is 0 Å². The molecule has 88 valence electrons. The molecule has 1 aliphatic heterocycles. The van der Waals surface area contributed by atoms with Crippen molar-refractivity contribution in [1.29, 1.82) is 0 Å². The quantitative estimate of drug-likeness (QED) is 0.613. The van der Waals surface area contributed by atoms with E-state index in [9.17, 15) is 4.79 Å². The number of halogens is 1. The van der Waals surface area contributed by atoms with Crippen LogP contribution in [0.1, 0.15) is 0 Å². The lowest BCUT2D eigenvalue weighted by Gasteiger charge is -2.21. The Morgan fingerprint density at radius 1 is 1.67 bits per heavy atom. The number of esters is 1. The molecule has 1 N–H and O–H groups in total. The number of nitrogens with one attached hydrogen (secondary N) is 1. The van der Waals surface area contributed by atoms with Crippen molar-refractivity contribution >= 4 is 45.4 Å². The Morgan fingerprint density at radius 3 is 3.07 bits per heavy atom. The fraction of sp³-hybridized carbons (Fsp3) is 0.889. The minimum Gasteiger partial charge on any atom is -0.468 e. The molecule has 6 heteroatoms. The molecule has 0 amide bonds. The van der Waals surface area contributed by atoms with Crippen molar-refractivity contribution in [3.8, 4) is 0 Å². The molecule has 1 rings (SSSR count). The molecule has 15 heavy (non-hydrogen) atoms. The summed E-state index contributed by atoms with van der Waals surface area (Å²) in [5, 5.41) is 3.97. The van der Waals surface area contributed by atoms with Crippen molar-refractivity contribution in [1.82, 2.24) is 5.32 Å². The van der Waals surface area contributed by atoms with Crippen LogP contribution in [0, 0.1) is 0 Å². The summed E-state index contributed by atoms with van der Waals surface area (Å²) in [6, 6.07) is 0. The number of hydrogen-bond acceptors (Lipinski definition) is 5. The van der Waals surface area contributed by atoms with E-state index in [4.69, 9.17) is 0 Å². The zero-order chi connectivity index (χ0) is 11.1. The van der Waals surface area contributed by atoms with Gasteiger partial charge in [-0.3, -0.25) is 4.79 Å². The Hall–Kier alpha value is 0.610. The molecule has 0 aromatic rings. The average molecular weight is 314 g/mol. The van der Waals surface area contributed by atoms with Crippen LogP contribution in [-0.4, -0.2) is 53.5 Å². The van der Waals surface area contributed by atoms with E-state index in [1.807, 2.05) is 23.5 Å². The van der Waals surface area contributed by atoms with Crippen molar-refractivity contribution in [2.75, 3.05) is 37.5 Å². The number of alkyl halides is 1. The maximum Gasteiger partial charge on any atom is 0.320 e. The first kappa shape index (κ1) is 13.7. The van der Waals surface area contributed by atoms with Crippen molar-refractivity contribution < 1.29 is 9.53 Å². The second-order valence-electron chi connectivity index (χ2n) is 3.22. The predicted octanol–water partition coefficient (Wildman–Crippen LogP) is 1.36. The minimum atomic E-state index is -0.233. The van der Waals surface area contributed by atoms with Crippen LogP contribution in [0.2, 0.25) is 0 Å². The van der Waals surface area contributed by atoms with Crippen LogP contribution >= 0.6 is 39.5 Å². The van der Waals surface area contributed by atoms with Crippen LogP contribution in [0.25, 0.3) is 0 Å². The summed E-state index contributed by atoms with van der Waals surface area (Å²) in [6.07, 6.45) is 0. The number of ether oxygens (including phenoxy) is 1. The van der Waals surface area contributed by atoms with Crippen LogP contribution in [0.3, 0.4) is 0 Å². The highest BCUT2D eigenvalue weighted by atomic mass is 79.9. The fourth-order valence-electron chi connectivity index (χ4n) is 1.24. The largest absolute Gasteiger partial charge is 0.468 e. The maximum absolute atomic E-state index is 11.1. The van der Waals surface area contributed by atoms with E-state index in [-0.39, 0.29) is 10.8 Å². The highest BCUT2D eigenvalue weighted by Crippen LogP contribution is 2.23. The first-order chi connectivity index (χ1) is 7.24. The van der Waals surface area contributed by atoms with Gasteiger partial charge in [-0.15, -0.1) is 0 Å². The number of carbonyl (C=O) groups is 1. The number of rotatable bonds is 5. The number of methoxy groups -OCH3 is 1. The normalized spacial score (nSPS) is 23.5. The summed E-state index contributed by atoms with van der Waals surface area (Å²) in [4.78, 5) is 10.8. The van der Waals surface area contributed by atoms with Gasteiger partial charge in [0.1, 0.15) is 4.83 Å². The summed E-state index contributed by atoms with van der Waals surface area (Å²) in [5.41, 5.74) is 0. The Morgan fingerprint density at radius 2 is 2.47 bits per heavy atom. The van der Waals surface area contributed by atoms with Gasteiger partial charge in [-0.2, -0.15) is 23.5 Å². The molecule has 1 saturated heterocycles. The Balaban J connectivity index is 2.07. The lowest BCUT2D eigenvalue weighted by atomic mass is 10.4. The molecule has 2 unspecified atom stereocenters. The lowest BCUT2D eigenvalue weighted by Crippen LogP contribution is -2.35. The van der Waals surface area contributed by atoms with Crippen LogP contribution in [0.5, 0.6) is 0 Å². The molecule has 3 nitrogen and oxygen atoms in total. The summed E-state index contributed by atoms with van der Waals surface area (Å²) in [5.74, 6) is 3.51. The summed E-state index contributed by atoms with van der Waals surface area (Å²) < 4.78 is 4.62. The monoisotopic (exact) mass is 313 g/mol. The topological polar surface area (TPSA) is 38.3 Å². The zero-order valence-corrected chi connectivity index (χ0v) is 11.9. The fourth-order valence-corrected chi connectivity index (χ4v) is 4.30. The van der Waals surface area contributed by atoms with Gasteiger partial charge in [0.05, 0.1) is 7.11 Å². The third kappa shape index (κ3) is 5.47. The van der Waals surface area contributed by atoms with Gasteiger partial charge in [0.2, 0.25) is 0 Å². The average Bonchev–Trinajstić information content (AvgIpc) is 2.29. The van der Waals surface area contributed by atoms with Crippen LogP contribution < -0.4 is 5.32 Å². The maximum atomic E-state index is 11.1. The third-order valence-corrected chi connectivity index (χ3v) is 5.58. The number of hydrogen-bond donors (Lipinski definition) is 1. The minimum absolute atomic E-state index is 0.215. The molecule has 0 spiro atoms. The van der Waals surface area contributed by atoms with E-state index in [0.717, 1.165) is 6.54 Å². The smallest absolute Gasteiger partial charge is 0.320 e. The van der Waals surface area contributed by atoms with Crippen molar-refractivity contribution in [2.24, 2.45) is 0 Å². The van der Waals surface area contributed by atoms with Crippen LogP contribution in [0.4, 0.5) is 0 Å². The van der Waals surface area contributed by atoms with Gasteiger partial charge in [0.15, 0.2) is 0 Å². The molecule has 1 fully saturated rings. The summed E-state index contributed by atoms with van der Waals surface area (Å²) >= 11 is 7.30. The molecule has 2 atom stereocenters. The number of thioether (sulfide) groups is 2. The highest BCUT2D eigenvalue weighted by molar-refractivity contribution is 9.10. The van der Waals surface area contributed by atoms with Gasteiger partial charge in [-0.1, -0.05) is 15.9 Å². The molecular formula is C9H16BrNO2S2. The number of carbonyl (C=O) groups excluding carboxylic acids is 1. The Bertz CT molecular complexity index is 201. The predicted molar refractivity (Wildman–Crippen MR) is 71.2 cm³/mol. The molecule has 0 aliphatic carbocycles. The van der Waals surface area contributed by atoms with E-state index in [1.165, 1.54) is 24.4 Å². The van der Waals surface area contributed by atoms with Crippen molar-refractivity contribution in [3.05, 3.63) is 0 Å². The van der Waals surface area contributed by atoms with Gasteiger partial charge in [-0.25, -0.2) is 0 Å². The summed E-state index contributed by atoms with van der Waals surface area (Å²) in [6.45, 7) is 1.60. The highest BCUT2D eigenvalue weighted by Gasteiger charge is 2.17. The first-order valence-corrected chi connectivity index (χ1v) is 7.98. The summed E-state index contributed by atoms with van der Waals surface area (Å²) in [7, 11) is 1.41. The molecule has 0 saturated carbocycles. The second-order valence-corrected chi connectivity index (χ2v) is 6.88. The van der Waals surface area contributed by atoms with Crippen molar-refractivity contribution in [3.63, 3.8) is 0 Å². The molecule has 0 bridgehead atoms. The van der Waals surface area contributed by atoms with E-state index in [1.54, 1.807) is 0 Å². The Labute approximate surface area is 108 Å². The van der Waals surface area contributed by atoms with Crippen LogP contribution in [-0.2, 0) is 9.53 Å². The molecule has 0 radical (unpaired) electrons. The van der Waals surface area contributed by atoms with Crippen LogP contribution in [0.15, 0.2) is 0 Å². The lowest BCUT2D eigenvalue weighted by molar-refractivity contribution is -0.139. The SMILES string of the molecule is COC(=O)C(Br)CNCC1CSCCS1. The van der Waals surface area contributed by atoms with Gasteiger partial charge in [-0.05, 0) is 0 Å². The van der Waals surface area contributed by atoms with Gasteiger partial charge in [0, 0.05) is 35.6 Å². The Kier molecular flexibility index (Phi) is 7.12. The molecule has 1 aliphatic rings. The van der Waals surface area contributed by atoms with E-state index >= 15 is 0 Å². The van der Waals surface area contributed by atoms with Gasteiger partial charge < -0.3 is 10.1 Å². The second kappa shape index (κ2) is 7.81. The van der Waals surface area contributed by atoms with E-state index in [0.29, 0.717) is 11.8 Å². The third-order valence-electron chi connectivity index (χ3n) is 2.04. The molecule has 0 aromatic heterocycles. The molecule has 0 aromatic carbocycles. The molecule has 1 heterocycles. The zero-order valence-electron chi connectivity index (χ0n) is 8.70. The van der Waals surface area contributed by atoms with E-state index in [2.05, 4.69) is 26.0 Å².